The first kappa shape index (κ1) is 38.9. The molecule has 4 rings (SSSR count). The van der Waals surface area contributed by atoms with Gasteiger partial charge in [-0.05, 0) is 69.0 Å². The van der Waals surface area contributed by atoms with Crippen LogP contribution >= 0.6 is 0 Å². The summed E-state index contributed by atoms with van der Waals surface area (Å²) in [6, 6.07) is 30.2. The SMILES string of the molecule is CCOC(=O)/C=C/[C@H](O[Si](C)(C)C)[C@@]1(OCc2ccccc2)OC[C@@H](COCc2ccccc2)[C@@H](OCc2ccccc2)[C@H]1O[Si](C)(C)C. The largest absolute Gasteiger partial charge is 0.463 e. The smallest absolute Gasteiger partial charge is 0.330 e. The molecule has 1 fully saturated rings. The Kier molecular flexibility index (Phi) is 14.5. The molecule has 1 aliphatic heterocycles. The fraction of sp³-hybridized carbons (Fsp3) is 0.462. The Balaban J connectivity index is 1.80. The highest BCUT2D eigenvalue weighted by atomic mass is 28.4. The van der Waals surface area contributed by atoms with Crippen molar-refractivity contribution >= 4 is 22.6 Å². The quantitative estimate of drug-likeness (QED) is 0.0751. The van der Waals surface area contributed by atoms with E-state index in [9.17, 15) is 4.79 Å². The number of benzene rings is 3. The molecule has 3 aromatic carbocycles. The molecule has 8 nitrogen and oxygen atoms in total. The maximum absolute atomic E-state index is 12.7. The molecule has 49 heavy (non-hydrogen) atoms. The van der Waals surface area contributed by atoms with Gasteiger partial charge in [-0.1, -0.05) is 91.0 Å². The van der Waals surface area contributed by atoms with Crippen molar-refractivity contribution in [2.45, 2.75) is 90.1 Å². The van der Waals surface area contributed by atoms with Crippen molar-refractivity contribution < 1.29 is 37.3 Å². The molecule has 0 amide bonds. The van der Waals surface area contributed by atoms with E-state index >= 15 is 0 Å². The fourth-order valence-corrected chi connectivity index (χ4v) is 7.73. The van der Waals surface area contributed by atoms with Gasteiger partial charge >= 0.3 is 5.97 Å². The monoisotopic (exact) mass is 706 g/mol. The second kappa shape index (κ2) is 18.3. The standard InChI is InChI=1S/C39H54O8Si2/c1-8-42-36(40)25-24-35(46-48(2,3)4)39(44-28-33-22-16-11-17-23-33)38(47-49(5,6)7)37(43-27-32-20-14-10-15-21-32)34(30-45-39)29-41-26-31-18-12-9-13-19-31/h9-25,34-35,37-38H,8,26-30H2,1-7H3/b25-24+/t34-,35+,37-,38-,39-/m1/s1. The van der Waals surface area contributed by atoms with Crippen molar-refractivity contribution in [1.82, 2.24) is 0 Å². The molecule has 1 heterocycles. The van der Waals surface area contributed by atoms with Crippen molar-refractivity contribution in [3.63, 3.8) is 0 Å². The van der Waals surface area contributed by atoms with E-state index in [1.807, 2.05) is 78.9 Å². The molecule has 3 aromatic rings. The molecule has 1 aliphatic rings. The molecule has 0 radical (unpaired) electrons. The molecule has 5 atom stereocenters. The van der Waals surface area contributed by atoms with Crippen LogP contribution in [0.4, 0.5) is 0 Å². The predicted octanol–water partition coefficient (Wildman–Crippen LogP) is 7.91. The first-order chi connectivity index (χ1) is 23.4. The van der Waals surface area contributed by atoms with E-state index in [0.29, 0.717) is 19.8 Å². The molecule has 0 aromatic heterocycles. The molecule has 0 bridgehead atoms. The van der Waals surface area contributed by atoms with Gasteiger partial charge in [-0.3, -0.25) is 0 Å². The first-order valence-corrected chi connectivity index (χ1v) is 24.0. The van der Waals surface area contributed by atoms with Crippen LogP contribution in [0, 0.1) is 5.92 Å². The zero-order valence-corrected chi connectivity index (χ0v) is 32.1. The topological polar surface area (TPSA) is 81.7 Å². The first-order valence-electron chi connectivity index (χ1n) is 17.2. The fourth-order valence-electron chi connectivity index (χ4n) is 5.67. The van der Waals surface area contributed by atoms with Gasteiger partial charge in [-0.25, -0.2) is 4.79 Å². The predicted molar refractivity (Wildman–Crippen MR) is 197 cm³/mol. The van der Waals surface area contributed by atoms with Crippen LogP contribution < -0.4 is 0 Å². The Hall–Kier alpha value is -2.94. The van der Waals surface area contributed by atoms with Gasteiger partial charge in [0.15, 0.2) is 16.6 Å². The maximum atomic E-state index is 12.7. The average Bonchev–Trinajstić information content (AvgIpc) is 3.06. The van der Waals surface area contributed by atoms with Crippen molar-refractivity contribution in [2.75, 3.05) is 19.8 Å². The Morgan fingerprint density at radius 1 is 0.816 bits per heavy atom. The number of ether oxygens (including phenoxy) is 5. The van der Waals surface area contributed by atoms with Crippen LogP contribution in [0.2, 0.25) is 39.3 Å². The number of esters is 1. The van der Waals surface area contributed by atoms with E-state index in [2.05, 4.69) is 51.4 Å². The van der Waals surface area contributed by atoms with E-state index in [1.165, 1.54) is 6.08 Å². The minimum atomic E-state index is -2.31. The summed E-state index contributed by atoms with van der Waals surface area (Å²) in [7, 11) is -4.59. The number of hydrogen-bond donors (Lipinski definition) is 0. The van der Waals surface area contributed by atoms with E-state index in [1.54, 1.807) is 13.0 Å². The molecular weight excluding hydrogens is 653 g/mol. The van der Waals surface area contributed by atoms with Gasteiger partial charge in [0.05, 0.1) is 45.7 Å². The third-order valence-corrected chi connectivity index (χ3v) is 9.69. The van der Waals surface area contributed by atoms with Gasteiger partial charge in [-0.2, -0.15) is 0 Å². The van der Waals surface area contributed by atoms with Crippen LogP contribution in [-0.2, 0) is 57.2 Å². The number of rotatable bonds is 18. The highest BCUT2D eigenvalue weighted by molar-refractivity contribution is 6.70. The third-order valence-electron chi connectivity index (χ3n) is 7.77. The van der Waals surface area contributed by atoms with Crippen molar-refractivity contribution in [2.24, 2.45) is 5.92 Å². The third kappa shape index (κ3) is 12.4. The Morgan fingerprint density at radius 3 is 1.90 bits per heavy atom. The number of carbonyl (C=O) groups is 1. The lowest BCUT2D eigenvalue weighted by molar-refractivity contribution is -0.361. The van der Waals surface area contributed by atoms with E-state index < -0.39 is 46.7 Å². The second-order valence-electron chi connectivity index (χ2n) is 14.2. The summed E-state index contributed by atoms with van der Waals surface area (Å²) in [5.41, 5.74) is 3.09. The minimum absolute atomic E-state index is 0.191. The van der Waals surface area contributed by atoms with Gasteiger partial charge in [0.25, 0.3) is 0 Å². The van der Waals surface area contributed by atoms with Crippen molar-refractivity contribution in [3.8, 4) is 0 Å². The summed E-state index contributed by atoms with van der Waals surface area (Å²) < 4.78 is 46.4. The summed E-state index contributed by atoms with van der Waals surface area (Å²) in [5.74, 6) is -2.13. The lowest BCUT2D eigenvalue weighted by Gasteiger charge is -2.54. The van der Waals surface area contributed by atoms with Gasteiger partial charge < -0.3 is 32.5 Å². The summed E-state index contributed by atoms with van der Waals surface area (Å²) in [5, 5.41) is 0. The van der Waals surface area contributed by atoms with Crippen LogP contribution in [0.1, 0.15) is 23.6 Å². The summed E-state index contributed by atoms with van der Waals surface area (Å²) in [4.78, 5) is 12.7. The molecule has 0 N–H and O–H groups in total. The minimum Gasteiger partial charge on any atom is -0.463 e. The van der Waals surface area contributed by atoms with Crippen LogP contribution in [-0.4, -0.2) is 66.5 Å². The zero-order chi connectivity index (χ0) is 35.3. The van der Waals surface area contributed by atoms with Crippen molar-refractivity contribution in [3.05, 3.63) is 120 Å². The molecule has 266 valence electrons. The molecule has 0 saturated carbocycles. The molecule has 1 saturated heterocycles. The Labute approximate surface area is 294 Å². The molecule has 0 spiro atoms. The van der Waals surface area contributed by atoms with E-state index in [4.69, 9.17) is 32.5 Å². The van der Waals surface area contributed by atoms with Gasteiger partial charge in [0.2, 0.25) is 5.79 Å². The molecular formula is C39H54O8Si2. The van der Waals surface area contributed by atoms with Gasteiger partial charge in [0.1, 0.15) is 12.2 Å². The van der Waals surface area contributed by atoms with Gasteiger partial charge in [-0.15, -0.1) is 0 Å². The van der Waals surface area contributed by atoms with Crippen LogP contribution in [0.3, 0.4) is 0 Å². The van der Waals surface area contributed by atoms with Crippen LogP contribution in [0.15, 0.2) is 103 Å². The number of carbonyl (C=O) groups excluding carboxylic acids is 1. The van der Waals surface area contributed by atoms with E-state index in [-0.39, 0.29) is 25.7 Å². The van der Waals surface area contributed by atoms with Crippen LogP contribution in [0.5, 0.6) is 0 Å². The molecule has 0 aliphatic carbocycles. The molecule has 10 heteroatoms. The number of hydrogen-bond acceptors (Lipinski definition) is 8. The summed E-state index contributed by atoms with van der Waals surface area (Å²) in [6.07, 6.45) is 1.06. The lowest BCUT2D eigenvalue weighted by Crippen LogP contribution is -2.69. The summed E-state index contributed by atoms with van der Waals surface area (Å²) in [6.45, 7) is 16.5. The highest BCUT2D eigenvalue weighted by Gasteiger charge is 2.59. The maximum Gasteiger partial charge on any atom is 0.330 e. The highest BCUT2D eigenvalue weighted by Crippen LogP contribution is 2.42. The average molecular weight is 707 g/mol. The Morgan fingerprint density at radius 2 is 1.37 bits per heavy atom. The zero-order valence-electron chi connectivity index (χ0n) is 30.1. The molecule has 0 unspecified atom stereocenters. The van der Waals surface area contributed by atoms with Crippen LogP contribution in [0.25, 0.3) is 0 Å². The van der Waals surface area contributed by atoms with E-state index in [0.717, 1.165) is 16.7 Å². The summed E-state index contributed by atoms with van der Waals surface area (Å²) >= 11 is 0. The van der Waals surface area contributed by atoms with Gasteiger partial charge in [0, 0.05) is 12.0 Å². The van der Waals surface area contributed by atoms with Crippen molar-refractivity contribution in [1.29, 1.82) is 0 Å². The Bertz CT molecular complexity index is 1430. The normalized spacial score (nSPS) is 22.2. The lowest BCUT2D eigenvalue weighted by atomic mass is 9.87. The second-order valence-corrected chi connectivity index (χ2v) is 23.2.